The number of anilines is 1. The molecule has 2 N–H and O–H groups in total. The molecule has 2 amide bonds. The quantitative estimate of drug-likeness (QED) is 0.365. The number of nitrogens with one attached hydrogen (secondary N) is 2. The average Bonchev–Trinajstić information content (AvgIpc) is 3.54. The number of ether oxygens (including phenoxy) is 1. The lowest BCUT2D eigenvalue weighted by molar-refractivity contribution is -0.118. The van der Waals surface area contributed by atoms with E-state index in [0.717, 1.165) is 0 Å². The summed E-state index contributed by atoms with van der Waals surface area (Å²) in [5, 5.41) is 13.4. The van der Waals surface area contributed by atoms with Crippen molar-refractivity contribution in [2.75, 3.05) is 5.32 Å². The standard InChI is InChI=1S/C25H23FN4O5/c1-15(2)22(28-23(31)20-7-4-12-33-20)24(32)27-18-5-3-6-19(13-18)34-14-21-29-30-25(35-21)16-8-10-17(26)11-9-16/h3-13,15,22H,14H2,1-2H3,(H,27,32)(H,28,31). The van der Waals surface area contributed by atoms with Gasteiger partial charge in [-0.05, 0) is 54.4 Å². The molecule has 9 nitrogen and oxygen atoms in total. The average molecular weight is 478 g/mol. The van der Waals surface area contributed by atoms with Crippen LogP contribution in [-0.4, -0.2) is 28.1 Å². The Morgan fingerprint density at radius 2 is 1.86 bits per heavy atom. The Bertz CT molecular complexity index is 1290. The van der Waals surface area contributed by atoms with Crippen LogP contribution >= 0.6 is 0 Å². The maximum Gasteiger partial charge on any atom is 0.287 e. The first-order valence-corrected chi connectivity index (χ1v) is 10.9. The Morgan fingerprint density at radius 1 is 1.06 bits per heavy atom. The molecule has 10 heteroatoms. The summed E-state index contributed by atoms with van der Waals surface area (Å²) in [7, 11) is 0. The van der Waals surface area contributed by atoms with Gasteiger partial charge in [0, 0.05) is 17.3 Å². The normalized spacial score (nSPS) is 11.8. The lowest BCUT2D eigenvalue weighted by Crippen LogP contribution is -2.47. The Hall–Kier alpha value is -4.47. The molecule has 0 fully saturated rings. The predicted octanol–water partition coefficient (Wildman–Crippen LogP) is 4.44. The Kier molecular flexibility index (Phi) is 7.20. The number of hydrogen-bond donors (Lipinski definition) is 2. The molecule has 0 saturated carbocycles. The van der Waals surface area contributed by atoms with Gasteiger partial charge in [0.05, 0.1) is 6.26 Å². The summed E-state index contributed by atoms with van der Waals surface area (Å²) >= 11 is 0. The molecule has 1 unspecified atom stereocenters. The zero-order chi connectivity index (χ0) is 24.8. The van der Waals surface area contributed by atoms with E-state index in [9.17, 15) is 14.0 Å². The van der Waals surface area contributed by atoms with Gasteiger partial charge in [0.1, 0.15) is 17.6 Å². The maximum absolute atomic E-state index is 13.1. The van der Waals surface area contributed by atoms with E-state index in [-0.39, 0.29) is 41.8 Å². The number of rotatable bonds is 9. The highest BCUT2D eigenvalue weighted by molar-refractivity contribution is 6.00. The van der Waals surface area contributed by atoms with Gasteiger partial charge in [0.15, 0.2) is 12.4 Å². The van der Waals surface area contributed by atoms with Crippen LogP contribution in [0.1, 0.15) is 30.3 Å². The van der Waals surface area contributed by atoms with Crippen molar-refractivity contribution >= 4 is 17.5 Å². The van der Waals surface area contributed by atoms with Gasteiger partial charge < -0.3 is 24.2 Å². The molecule has 0 bridgehead atoms. The van der Waals surface area contributed by atoms with E-state index in [1.54, 1.807) is 42.5 Å². The predicted molar refractivity (Wildman–Crippen MR) is 124 cm³/mol. The summed E-state index contributed by atoms with van der Waals surface area (Å²) < 4.78 is 29.5. The summed E-state index contributed by atoms with van der Waals surface area (Å²) in [6.45, 7) is 3.66. The highest BCUT2D eigenvalue weighted by atomic mass is 19.1. The molecule has 35 heavy (non-hydrogen) atoms. The van der Waals surface area contributed by atoms with Crippen molar-refractivity contribution in [3.8, 4) is 17.2 Å². The van der Waals surface area contributed by atoms with Crippen molar-refractivity contribution < 1.29 is 27.6 Å². The summed E-state index contributed by atoms with van der Waals surface area (Å²) in [4.78, 5) is 25.2. The van der Waals surface area contributed by atoms with Crippen LogP contribution < -0.4 is 15.4 Å². The first-order valence-electron chi connectivity index (χ1n) is 10.9. The van der Waals surface area contributed by atoms with Crippen LogP contribution in [0.2, 0.25) is 0 Å². The van der Waals surface area contributed by atoms with Gasteiger partial charge in [-0.15, -0.1) is 10.2 Å². The molecule has 4 rings (SSSR count). The van der Waals surface area contributed by atoms with E-state index in [0.29, 0.717) is 17.0 Å². The minimum Gasteiger partial charge on any atom is -0.484 e. The van der Waals surface area contributed by atoms with Gasteiger partial charge >= 0.3 is 0 Å². The van der Waals surface area contributed by atoms with Gasteiger partial charge in [-0.25, -0.2) is 4.39 Å². The molecule has 0 spiro atoms. The number of nitrogens with zero attached hydrogens (tertiary/aromatic N) is 2. The zero-order valence-electron chi connectivity index (χ0n) is 19.0. The summed E-state index contributed by atoms with van der Waals surface area (Å²) in [5.41, 5.74) is 1.08. The second-order valence-corrected chi connectivity index (χ2v) is 7.99. The minimum absolute atomic E-state index is 0.000577. The largest absolute Gasteiger partial charge is 0.484 e. The van der Waals surface area contributed by atoms with Crippen LogP contribution in [-0.2, 0) is 11.4 Å². The first-order chi connectivity index (χ1) is 16.9. The highest BCUT2D eigenvalue weighted by Gasteiger charge is 2.25. The molecular weight excluding hydrogens is 455 g/mol. The van der Waals surface area contributed by atoms with Gasteiger partial charge in [-0.3, -0.25) is 9.59 Å². The van der Waals surface area contributed by atoms with Gasteiger partial charge in [-0.2, -0.15) is 0 Å². The lowest BCUT2D eigenvalue weighted by atomic mass is 10.0. The van der Waals surface area contributed by atoms with Crippen LogP contribution in [0.5, 0.6) is 5.75 Å². The van der Waals surface area contributed by atoms with Crippen LogP contribution in [0.3, 0.4) is 0 Å². The number of hydrogen-bond acceptors (Lipinski definition) is 7. The van der Waals surface area contributed by atoms with Crippen LogP contribution in [0.25, 0.3) is 11.5 Å². The molecule has 1 atom stereocenters. The molecule has 0 aliphatic carbocycles. The molecular formula is C25H23FN4O5. The maximum atomic E-state index is 13.1. The van der Waals surface area contributed by atoms with Crippen molar-refractivity contribution in [3.63, 3.8) is 0 Å². The van der Waals surface area contributed by atoms with E-state index >= 15 is 0 Å². The molecule has 0 aliphatic heterocycles. The van der Waals surface area contributed by atoms with Crippen molar-refractivity contribution in [2.24, 2.45) is 5.92 Å². The van der Waals surface area contributed by atoms with E-state index in [1.165, 1.54) is 24.5 Å². The smallest absolute Gasteiger partial charge is 0.287 e. The third-order valence-electron chi connectivity index (χ3n) is 5.00. The Labute approximate surface area is 200 Å². The summed E-state index contributed by atoms with van der Waals surface area (Å²) in [6.07, 6.45) is 1.39. The van der Waals surface area contributed by atoms with Gasteiger partial charge in [-0.1, -0.05) is 19.9 Å². The fourth-order valence-corrected chi connectivity index (χ4v) is 3.20. The molecule has 180 valence electrons. The molecule has 2 aromatic heterocycles. The summed E-state index contributed by atoms with van der Waals surface area (Å²) in [6, 6.07) is 14.8. The van der Waals surface area contributed by atoms with E-state index in [2.05, 4.69) is 20.8 Å². The third-order valence-corrected chi connectivity index (χ3v) is 5.00. The SMILES string of the molecule is CC(C)C(NC(=O)c1ccco1)C(=O)Nc1cccc(OCc2nnc(-c3ccc(F)cc3)o2)c1. The number of furan rings is 1. The van der Waals surface area contributed by atoms with E-state index in [1.807, 2.05) is 13.8 Å². The van der Waals surface area contributed by atoms with Crippen LogP contribution in [0, 0.1) is 11.7 Å². The topological polar surface area (TPSA) is 119 Å². The zero-order valence-corrected chi connectivity index (χ0v) is 19.0. The van der Waals surface area contributed by atoms with Crippen LogP contribution in [0.15, 0.2) is 75.8 Å². The molecule has 0 aliphatic rings. The third kappa shape index (κ3) is 6.11. The van der Waals surface area contributed by atoms with E-state index in [4.69, 9.17) is 13.6 Å². The minimum atomic E-state index is -0.777. The fourth-order valence-electron chi connectivity index (χ4n) is 3.20. The number of halogens is 1. The molecule has 4 aromatic rings. The molecule has 0 saturated heterocycles. The highest BCUT2D eigenvalue weighted by Crippen LogP contribution is 2.21. The fraction of sp³-hybridized carbons (Fsp3) is 0.200. The number of amides is 2. The van der Waals surface area contributed by atoms with Crippen molar-refractivity contribution in [1.82, 2.24) is 15.5 Å². The van der Waals surface area contributed by atoms with Crippen molar-refractivity contribution in [1.29, 1.82) is 0 Å². The van der Waals surface area contributed by atoms with Crippen LogP contribution in [0.4, 0.5) is 10.1 Å². The number of carbonyl (C=O) groups excluding carboxylic acids is 2. The number of carbonyl (C=O) groups is 2. The molecule has 2 heterocycles. The second kappa shape index (κ2) is 10.6. The number of aromatic nitrogens is 2. The van der Waals surface area contributed by atoms with E-state index < -0.39 is 11.9 Å². The van der Waals surface area contributed by atoms with Crippen molar-refractivity contribution in [2.45, 2.75) is 26.5 Å². The molecule has 0 radical (unpaired) electrons. The lowest BCUT2D eigenvalue weighted by Gasteiger charge is -2.21. The van der Waals surface area contributed by atoms with Gasteiger partial charge in [0.25, 0.3) is 11.8 Å². The Balaban J connectivity index is 1.36. The first kappa shape index (κ1) is 23.7. The monoisotopic (exact) mass is 478 g/mol. The van der Waals surface area contributed by atoms with Crippen molar-refractivity contribution in [3.05, 3.63) is 84.4 Å². The number of benzene rings is 2. The molecule has 2 aromatic carbocycles. The second-order valence-electron chi connectivity index (χ2n) is 7.99. The van der Waals surface area contributed by atoms with Gasteiger partial charge in [0.2, 0.25) is 11.8 Å². The Morgan fingerprint density at radius 3 is 2.57 bits per heavy atom. The summed E-state index contributed by atoms with van der Waals surface area (Å²) in [5.74, 6) is -0.296.